The van der Waals surface area contributed by atoms with Crippen LogP contribution >= 0.6 is 27.5 Å². The second-order valence-electron chi connectivity index (χ2n) is 9.47. The van der Waals surface area contributed by atoms with Crippen LogP contribution in [0.4, 0.5) is 0 Å². The minimum Gasteiger partial charge on any atom is -0.457 e. The Morgan fingerprint density at radius 1 is 1.08 bits per heavy atom. The molecule has 37 heavy (non-hydrogen) atoms. The minimum atomic E-state index is -3.68. The predicted molar refractivity (Wildman–Crippen MR) is 150 cm³/mol. The molecule has 0 saturated carbocycles. The molecule has 0 radical (unpaired) electrons. The van der Waals surface area contributed by atoms with Crippen LogP contribution in [0.15, 0.2) is 70.0 Å². The van der Waals surface area contributed by atoms with Gasteiger partial charge in [0.15, 0.2) is 0 Å². The van der Waals surface area contributed by atoms with E-state index in [-0.39, 0.29) is 17.3 Å². The molecule has 0 bridgehead atoms. The van der Waals surface area contributed by atoms with E-state index >= 15 is 0 Å². The number of aryl methyl sites for hydroxylation is 2. The standard InChI is InChI=1S/C28H30BrClN2O4S/c1-19-6-13-26(20(2)15-19)36-27-16-24(30)10-7-21(27)17-31(3)28(33)22-5-4-14-32(18-22)37(34,35)25-11-8-23(29)9-12-25/h6-13,15-16,22H,4-5,14,17-18H2,1-3H3. The molecule has 4 rings (SSSR count). The van der Waals surface area contributed by atoms with Crippen molar-refractivity contribution in [1.82, 2.24) is 9.21 Å². The number of ether oxygens (including phenoxy) is 1. The van der Waals surface area contributed by atoms with Crippen molar-refractivity contribution in [2.45, 2.75) is 38.1 Å². The number of benzene rings is 3. The maximum absolute atomic E-state index is 13.4. The molecule has 0 aromatic heterocycles. The Labute approximate surface area is 232 Å². The Kier molecular flexibility index (Phi) is 8.63. The van der Waals surface area contributed by atoms with Crippen molar-refractivity contribution in [3.63, 3.8) is 0 Å². The number of carbonyl (C=O) groups is 1. The summed E-state index contributed by atoms with van der Waals surface area (Å²) >= 11 is 9.60. The van der Waals surface area contributed by atoms with Gasteiger partial charge in [-0.25, -0.2) is 8.42 Å². The van der Waals surface area contributed by atoms with Crippen LogP contribution in [0.2, 0.25) is 5.02 Å². The van der Waals surface area contributed by atoms with Gasteiger partial charge >= 0.3 is 0 Å². The Morgan fingerprint density at radius 3 is 2.51 bits per heavy atom. The van der Waals surface area contributed by atoms with Crippen molar-refractivity contribution >= 4 is 43.5 Å². The molecule has 1 unspecified atom stereocenters. The van der Waals surface area contributed by atoms with Crippen LogP contribution < -0.4 is 4.74 Å². The summed E-state index contributed by atoms with van der Waals surface area (Å²) in [5, 5.41) is 0.540. The fourth-order valence-electron chi connectivity index (χ4n) is 4.55. The van der Waals surface area contributed by atoms with Crippen molar-refractivity contribution < 1.29 is 17.9 Å². The molecule has 9 heteroatoms. The molecule has 1 atom stereocenters. The monoisotopic (exact) mass is 604 g/mol. The fraction of sp³-hybridized carbons (Fsp3) is 0.321. The molecule has 1 saturated heterocycles. The van der Waals surface area contributed by atoms with Crippen molar-refractivity contribution in [2.24, 2.45) is 5.92 Å². The van der Waals surface area contributed by atoms with Crippen molar-refractivity contribution in [3.8, 4) is 11.5 Å². The molecular weight excluding hydrogens is 576 g/mol. The molecule has 196 valence electrons. The first-order valence-electron chi connectivity index (χ1n) is 12.1. The van der Waals surface area contributed by atoms with Gasteiger partial charge in [-0.05, 0) is 74.7 Å². The van der Waals surface area contributed by atoms with Gasteiger partial charge in [0.1, 0.15) is 11.5 Å². The normalized spacial score (nSPS) is 16.4. The molecule has 6 nitrogen and oxygen atoms in total. The predicted octanol–water partition coefficient (Wildman–Crippen LogP) is 6.57. The van der Waals surface area contributed by atoms with E-state index in [1.807, 2.05) is 38.1 Å². The molecule has 1 heterocycles. The van der Waals surface area contributed by atoms with Gasteiger partial charge in [-0.1, -0.05) is 51.3 Å². The highest BCUT2D eigenvalue weighted by atomic mass is 79.9. The molecule has 1 fully saturated rings. The number of carbonyl (C=O) groups excluding carboxylic acids is 1. The van der Waals surface area contributed by atoms with Crippen LogP contribution in [0.25, 0.3) is 0 Å². The van der Waals surface area contributed by atoms with Gasteiger partial charge in [0.25, 0.3) is 0 Å². The summed E-state index contributed by atoms with van der Waals surface area (Å²) in [6, 6.07) is 17.9. The number of piperidine rings is 1. The summed E-state index contributed by atoms with van der Waals surface area (Å²) in [5.74, 6) is 0.800. The number of nitrogens with zero attached hydrogens (tertiary/aromatic N) is 2. The first-order valence-corrected chi connectivity index (χ1v) is 14.7. The average molecular weight is 606 g/mol. The van der Waals surface area contributed by atoms with Gasteiger partial charge in [-0.3, -0.25) is 4.79 Å². The van der Waals surface area contributed by atoms with Crippen molar-refractivity contribution in [3.05, 3.63) is 86.8 Å². The summed E-state index contributed by atoms with van der Waals surface area (Å²) in [5.41, 5.74) is 2.96. The quantitative estimate of drug-likeness (QED) is 0.306. The number of halogens is 2. The summed E-state index contributed by atoms with van der Waals surface area (Å²) in [6.07, 6.45) is 1.27. The lowest BCUT2D eigenvalue weighted by molar-refractivity contribution is -0.135. The highest BCUT2D eigenvalue weighted by molar-refractivity contribution is 9.10. The van der Waals surface area contributed by atoms with E-state index in [0.717, 1.165) is 26.9 Å². The lowest BCUT2D eigenvalue weighted by Gasteiger charge is -2.33. The third kappa shape index (κ3) is 6.55. The van der Waals surface area contributed by atoms with Crippen LogP contribution in [-0.4, -0.2) is 43.7 Å². The lowest BCUT2D eigenvalue weighted by atomic mass is 9.98. The molecular formula is C28H30BrClN2O4S. The molecule has 1 aliphatic heterocycles. The van der Waals surface area contributed by atoms with Crippen LogP contribution in [0.1, 0.15) is 29.5 Å². The van der Waals surface area contributed by atoms with Crippen LogP contribution in [0, 0.1) is 19.8 Å². The SMILES string of the molecule is Cc1ccc(Oc2cc(Cl)ccc2CN(C)C(=O)C2CCCN(S(=O)(=O)c3ccc(Br)cc3)C2)c(C)c1. The summed E-state index contributed by atoms with van der Waals surface area (Å²) in [4.78, 5) is 15.3. The maximum atomic E-state index is 13.4. The number of hydrogen-bond acceptors (Lipinski definition) is 4. The lowest BCUT2D eigenvalue weighted by Crippen LogP contribution is -2.45. The maximum Gasteiger partial charge on any atom is 0.243 e. The third-order valence-electron chi connectivity index (χ3n) is 6.55. The van der Waals surface area contributed by atoms with E-state index in [9.17, 15) is 13.2 Å². The number of rotatable bonds is 7. The van der Waals surface area contributed by atoms with Gasteiger partial charge in [-0.15, -0.1) is 0 Å². The second kappa shape index (κ2) is 11.6. The molecule has 3 aromatic rings. The number of sulfonamides is 1. The Balaban J connectivity index is 1.48. The van der Waals surface area contributed by atoms with E-state index in [0.29, 0.717) is 36.7 Å². The van der Waals surface area contributed by atoms with E-state index in [1.54, 1.807) is 48.3 Å². The highest BCUT2D eigenvalue weighted by Crippen LogP contribution is 2.32. The zero-order valence-corrected chi connectivity index (χ0v) is 24.2. The van der Waals surface area contributed by atoms with E-state index in [4.69, 9.17) is 16.3 Å². The average Bonchev–Trinajstić information content (AvgIpc) is 2.87. The third-order valence-corrected chi connectivity index (χ3v) is 9.19. The first-order chi connectivity index (χ1) is 17.5. The van der Waals surface area contributed by atoms with Gasteiger partial charge in [0, 0.05) is 41.7 Å². The van der Waals surface area contributed by atoms with E-state index in [1.165, 1.54) is 4.31 Å². The highest BCUT2D eigenvalue weighted by Gasteiger charge is 2.34. The Hall–Kier alpha value is -2.39. The van der Waals surface area contributed by atoms with Gasteiger partial charge in [-0.2, -0.15) is 4.31 Å². The van der Waals surface area contributed by atoms with E-state index in [2.05, 4.69) is 15.9 Å². The van der Waals surface area contributed by atoms with Crippen LogP contribution in [0.3, 0.4) is 0 Å². The summed E-state index contributed by atoms with van der Waals surface area (Å²) in [7, 11) is -1.94. The van der Waals surface area contributed by atoms with Crippen molar-refractivity contribution in [2.75, 3.05) is 20.1 Å². The van der Waals surface area contributed by atoms with Gasteiger partial charge in [0.2, 0.25) is 15.9 Å². The van der Waals surface area contributed by atoms with Crippen LogP contribution in [-0.2, 0) is 21.4 Å². The largest absolute Gasteiger partial charge is 0.457 e. The molecule has 0 spiro atoms. The molecule has 1 aliphatic rings. The van der Waals surface area contributed by atoms with E-state index < -0.39 is 15.9 Å². The minimum absolute atomic E-state index is 0.0943. The zero-order chi connectivity index (χ0) is 26.7. The smallest absolute Gasteiger partial charge is 0.243 e. The molecule has 1 amide bonds. The first kappa shape index (κ1) is 27.6. The van der Waals surface area contributed by atoms with Crippen molar-refractivity contribution in [1.29, 1.82) is 0 Å². The molecule has 3 aromatic carbocycles. The topological polar surface area (TPSA) is 66.9 Å². The number of amides is 1. The molecule has 0 aliphatic carbocycles. The number of hydrogen-bond donors (Lipinski definition) is 0. The second-order valence-corrected chi connectivity index (χ2v) is 12.8. The summed E-state index contributed by atoms with van der Waals surface area (Å²) in [6.45, 7) is 4.88. The Bertz CT molecular complexity index is 1400. The summed E-state index contributed by atoms with van der Waals surface area (Å²) < 4.78 is 34.8. The van der Waals surface area contributed by atoms with Gasteiger partial charge < -0.3 is 9.64 Å². The Morgan fingerprint density at radius 2 is 1.81 bits per heavy atom. The molecule has 0 N–H and O–H groups in total. The zero-order valence-electron chi connectivity index (χ0n) is 21.1. The van der Waals surface area contributed by atoms with Gasteiger partial charge in [0.05, 0.1) is 10.8 Å². The fourth-order valence-corrected chi connectivity index (χ4v) is 6.50. The van der Waals surface area contributed by atoms with Crippen LogP contribution in [0.5, 0.6) is 11.5 Å².